The van der Waals surface area contributed by atoms with Crippen molar-refractivity contribution in [3.63, 3.8) is 0 Å². The van der Waals surface area contributed by atoms with Gasteiger partial charge in [0.15, 0.2) is 0 Å². The Balaban J connectivity index is 1.05. The Morgan fingerprint density at radius 1 is 0.415 bits per heavy atom. The largest absolute Gasteiger partial charge is 0.463 e. The normalized spacial score (nSPS) is 22.5. The molecule has 0 aliphatic carbocycles. The minimum absolute atomic E-state index is 0.142. The fourth-order valence-corrected chi connectivity index (χ4v) is 10.4. The van der Waals surface area contributed by atoms with Crippen molar-refractivity contribution in [3.05, 3.63) is 234 Å². The highest BCUT2D eigenvalue weighted by Crippen LogP contribution is 2.41. The van der Waals surface area contributed by atoms with Crippen LogP contribution in [0.3, 0.4) is 0 Å². The minimum Gasteiger partial charge on any atom is -0.463 e. The molecule has 2 aliphatic rings. The van der Waals surface area contributed by atoms with E-state index in [4.69, 9.17) is 51.8 Å². The number of aryl methyl sites for hydroxylation is 1. The summed E-state index contributed by atoms with van der Waals surface area (Å²) in [4.78, 5) is 25.5. The second kappa shape index (κ2) is 28.7. The van der Waals surface area contributed by atoms with Gasteiger partial charge in [-0.15, -0.1) is 10.2 Å². The van der Waals surface area contributed by atoms with Crippen LogP contribution >= 0.6 is 0 Å². The Hall–Kier alpha value is -7.86. The molecule has 2 saturated heterocycles. The number of benzene rings is 7. The molecule has 0 amide bonds. The number of hydrogen-bond donors (Lipinski definition) is 0. The maximum Gasteiger partial charge on any atom is 0.302 e. The van der Waals surface area contributed by atoms with Gasteiger partial charge in [-0.25, -0.2) is 0 Å². The van der Waals surface area contributed by atoms with E-state index in [9.17, 15) is 9.59 Å². The van der Waals surface area contributed by atoms with Gasteiger partial charge in [0.25, 0.3) is 0 Å². The van der Waals surface area contributed by atoms with Gasteiger partial charge in [-0.05, 0) is 69.6 Å². The van der Waals surface area contributed by atoms with Crippen molar-refractivity contribution in [2.24, 2.45) is 5.92 Å². The number of carbonyl (C=O) groups is 2. The zero-order valence-electron chi connectivity index (χ0n) is 46.2. The van der Waals surface area contributed by atoms with Crippen molar-refractivity contribution in [2.75, 3.05) is 13.2 Å². The lowest BCUT2D eigenvalue weighted by Gasteiger charge is -2.50. The van der Waals surface area contributed by atoms with E-state index < -0.39 is 73.0 Å². The standard InChI is InChI=1S/C67H68N2O13/c1-45-68-69-66(79-45)55-31-29-53(30-32-55)54-33-35-56(36-34-54)80-67-62(75-39-49-21-11-5-12-22-49)57(61(59(82-67)43-72-46(2)70)74-38-48-19-9-4-10-20-48)37-58-63(76-40-50-23-13-6-14-24-50)65(78-42-52-27-17-8-18-28-52)64(60(81-58)44-73-47(3)71)77-41-51-25-15-7-16-26-51/h4-36,57-65,67H,37-44H2,1-3H3/t57-,58+,59+,60+,61-,62-,63+,64+,65+,67-/m0/s1. The van der Waals surface area contributed by atoms with Crippen molar-refractivity contribution in [2.45, 2.75) is 115 Å². The molecule has 8 aromatic rings. The van der Waals surface area contributed by atoms with Gasteiger partial charge in [-0.1, -0.05) is 176 Å². The highest BCUT2D eigenvalue weighted by molar-refractivity contribution is 5.68. The predicted molar refractivity (Wildman–Crippen MR) is 304 cm³/mol. The van der Waals surface area contributed by atoms with Crippen LogP contribution in [0.4, 0.5) is 0 Å². The molecule has 2 aliphatic heterocycles. The van der Waals surface area contributed by atoms with Gasteiger partial charge >= 0.3 is 11.9 Å². The van der Waals surface area contributed by atoms with E-state index in [0.29, 0.717) is 17.5 Å². The van der Waals surface area contributed by atoms with Gasteiger partial charge < -0.3 is 51.8 Å². The van der Waals surface area contributed by atoms with E-state index in [1.165, 1.54) is 13.8 Å². The fraction of sp³-hybridized carbons (Fsp3) is 0.313. The number of aromatic nitrogens is 2. The molecule has 10 atom stereocenters. The molecule has 2 fully saturated rings. The third-order valence-electron chi connectivity index (χ3n) is 14.4. The van der Waals surface area contributed by atoms with Gasteiger partial charge in [-0.2, -0.15) is 0 Å². The first kappa shape index (κ1) is 57.4. The first-order chi connectivity index (χ1) is 40.2. The first-order valence-corrected chi connectivity index (χ1v) is 27.7. The smallest absolute Gasteiger partial charge is 0.302 e. The number of hydrogen-bond acceptors (Lipinski definition) is 15. The maximum atomic E-state index is 12.8. The summed E-state index contributed by atoms with van der Waals surface area (Å²) >= 11 is 0. The van der Waals surface area contributed by atoms with Crippen LogP contribution in [0.2, 0.25) is 0 Å². The molecule has 0 radical (unpaired) electrons. The topological polar surface area (TPSA) is 165 Å². The van der Waals surface area contributed by atoms with Gasteiger partial charge in [-0.3, -0.25) is 9.59 Å². The molecule has 0 spiro atoms. The molecule has 1 aromatic heterocycles. The van der Waals surface area contributed by atoms with E-state index in [-0.39, 0.29) is 52.7 Å². The van der Waals surface area contributed by atoms with Gasteiger partial charge in [0.1, 0.15) is 55.6 Å². The number of rotatable bonds is 25. The van der Waals surface area contributed by atoms with Crippen LogP contribution in [0.1, 0.15) is 54.0 Å². The van der Waals surface area contributed by atoms with Crippen LogP contribution < -0.4 is 4.74 Å². The van der Waals surface area contributed by atoms with Crippen LogP contribution in [0.5, 0.6) is 5.75 Å². The average molecular weight is 1110 g/mol. The monoisotopic (exact) mass is 1110 g/mol. The minimum atomic E-state index is -1.09. The second-order valence-corrected chi connectivity index (χ2v) is 20.4. The Labute approximate surface area is 478 Å². The van der Waals surface area contributed by atoms with Crippen molar-refractivity contribution < 1.29 is 61.4 Å². The van der Waals surface area contributed by atoms with Crippen LogP contribution in [-0.4, -0.2) is 90.5 Å². The van der Waals surface area contributed by atoms with E-state index in [1.54, 1.807) is 6.92 Å². The molecule has 0 unspecified atom stereocenters. The number of carbonyl (C=O) groups excluding carboxylic acids is 2. The third kappa shape index (κ3) is 15.8. The summed E-state index contributed by atoms with van der Waals surface area (Å²) in [7, 11) is 0. The molecule has 15 nitrogen and oxygen atoms in total. The summed E-state index contributed by atoms with van der Waals surface area (Å²) in [5.74, 6) is -0.163. The molecule has 82 heavy (non-hydrogen) atoms. The predicted octanol–water partition coefficient (Wildman–Crippen LogP) is 11.6. The Morgan fingerprint density at radius 2 is 0.793 bits per heavy atom. The zero-order chi connectivity index (χ0) is 56.5. The van der Waals surface area contributed by atoms with E-state index in [0.717, 1.165) is 44.5 Å². The molecule has 15 heteroatoms. The van der Waals surface area contributed by atoms with Crippen LogP contribution in [-0.2, 0) is 85.3 Å². The molecule has 7 aromatic carbocycles. The van der Waals surface area contributed by atoms with Crippen molar-refractivity contribution in [3.8, 4) is 28.3 Å². The summed E-state index contributed by atoms with van der Waals surface area (Å²) in [6.07, 6.45) is -7.49. The lowest BCUT2D eigenvalue weighted by Crippen LogP contribution is -2.64. The average Bonchev–Trinajstić information content (AvgIpc) is 4.09. The van der Waals surface area contributed by atoms with Crippen LogP contribution in [0, 0.1) is 12.8 Å². The Morgan fingerprint density at radius 3 is 1.22 bits per heavy atom. The highest BCUT2D eigenvalue weighted by Gasteiger charge is 2.54. The van der Waals surface area contributed by atoms with Gasteiger partial charge in [0, 0.05) is 32.3 Å². The third-order valence-corrected chi connectivity index (χ3v) is 14.4. The number of nitrogens with zero attached hydrogens (tertiary/aromatic N) is 2. The number of esters is 2. The summed E-state index contributed by atoms with van der Waals surface area (Å²) in [5.41, 5.74) is 7.35. The van der Waals surface area contributed by atoms with E-state index >= 15 is 0 Å². The summed E-state index contributed by atoms with van der Waals surface area (Å²) < 4.78 is 74.0. The van der Waals surface area contributed by atoms with Crippen molar-refractivity contribution >= 4 is 11.9 Å². The summed E-state index contributed by atoms with van der Waals surface area (Å²) in [6, 6.07) is 65.0. The SMILES string of the molecule is CC(=O)OC[C@H]1O[C@H](Oc2ccc(-c3ccc(-c4nnc(C)o4)cc3)cc2)[C@@H](OCc2ccccc2)[C@@H](C[C@H]2O[C@H](COC(C)=O)[C@@H](OCc3ccccc3)[C@H](OCc3ccccc3)[C@@H]2OCc2ccccc2)[C@@H]1OCc1ccccc1. The molecule has 3 heterocycles. The van der Waals surface area contributed by atoms with Gasteiger partial charge in [0.2, 0.25) is 18.1 Å². The molecule has 0 bridgehead atoms. The van der Waals surface area contributed by atoms with E-state index in [1.807, 2.05) is 200 Å². The molecule has 0 saturated carbocycles. The number of ether oxygens (including phenoxy) is 10. The molecule has 0 N–H and O–H groups in total. The lowest BCUT2D eigenvalue weighted by molar-refractivity contribution is -0.304. The van der Waals surface area contributed by atoms with E-state index in [2.05, 4.69) is 10.2 Å². The maximum absolute atomic E-state index is 12.8. The van der Waals surface area contributed by atoms with Crippen LogP contribution in [0.15, 0.2) is 205 Å². The Bertz CT molecular complexity index is 3190. The van der Waals surface area contributed by atoms with Crippen LogP contribution in [0.25, 0.3) is 22.6 Å². The molecule has 10 rings (SSSR count). The zero-order valence-corrected chi connectivity index (χ0v) is 46.2. The second-order valence-electron chi connectivity index (χ2n) is 20.4. The summed E-state index contributed by atoms with van der Waals surface area (Å²) in [5, 5.41) is 8.14. The summed E-state index contributed by atoms with van der Waals surface area (Å²) in [6.45, 7) is 5.16. The Kier molecular flexibility index (Phi) is 20.1. The van der Waals surface area contributed by atoms with Gasteiger partial charge in [0.05, 0.1) is 45.2 Å². The van der Waals surface area contributed by atoms with Crippen molar-refractivity contribution in [1.29, 1.82) is 0 Å². The molecular formula is C67H68N2O13. The molecule has 424 valence electrons. The fourth-order valence-electron chi connectivity index (χ4n) is 10.4. The quantitative estimate of drug-likeness (QED) is 0.0496. The molecular weight excluding hydrogens is 1040 g/mol. The first-order valence-electron chi connectivity index (χ1n) is 27.7. The highest BCUT2D eigenvalue weighted by atomic mass is 16.7. The lowest BCUT2D eigenvalue weighted by atomic mass is 9.80. The van der Waals surface area contributed by atoms with Crippen molar-refractivity contribution in [1.82, 2.24) is 10.2 Å².